The Morgan fingerprint density at radius 2 is 1.96 bits per heavy atom. The highest BCUT2D eigenvalue weighted by molar-refractivity contribution is 5.75. The molecule has 3 unspecified atom stereocenters. The average Bonchev–Trinajstić information content (AvgIpc) is 3.03. The van der Waals surface area contributed by atoms with Crippen molar-refractivity contribution in [1.82, 2.24) is 15.1 Å². The Bertz CT molecular complexity index is 519. The Morgan fingerprint density at radius 3 is 2.70 bits per heavy atom. The van der Waals surface area contributed by atoms with E-state index in [0.717, 1.165) is 38.9 Å². The lowest BCUT2D eigenvalue weighted by atomic mass is 10.0. The average molecular weight is 315 g/mol. The molecule has 2 aliphatic heterocycles. The zero-order valence-corrected chi connectivity index (χ0v) is 14.4. The largest absolute Gasteiger partial charge is 0.334 e. The fourth-order valence-corrected chi connectivity index (χ4v) is 3.86. The summed E-state index contributed by atoms with van der Waals surface area (Å²) in [4.78, 5) is 17.0. The van der Waals surface area contributed by atoms with Crippen LogP contribution in [0, 0.1) is 0 Å². The number of urea groups is 1. The minimum Gasteiger partial charge on any atom is -0.334 e. The Hall–Kier alpha value is -1.55. The van der Waals surface area contributed by atoms with Gasteiger partial charge in [-0.25, -0.2) is 4.79 Å². The third kappa shape index (κ3) is 3.86. The number of hydrogen-bond acceptors (Lipinski definition) is 2. The van der Waals surface area contributed by atoms with E-state index in [0.29, 0.717) is 12.1 Å². The number of likely N-dealkylation sites (tertiary alicyclic amines) is 2. The Labute approximate surface area is 139 Å². The van der Waals surface area contributed by atoms with E-state index in [4.69, 9.17) is 0 Å². The molecule has 2 aliphatic rings. The monoisotopic (exact) mass is 315 g/mol. The SMILES string of the molecule is CC(c1ccccc1)N1CCC(NC(=O)N2CCCCC2C)C1. The molecule has 126 valence electrons. The fourth-order valence-electron chi connectivity index (χ4n) is 3.86. The van der Waals surface area contributed by atoms with Crippen LogP contribution in [0.25, 0.3) is 0 Å². The molecule has 0 spiro atoms. The first-order chi connectivity index (χ1) is 11.1. The number of piperidine rings is 1. The second kappa shape index (κ2) is 7.35. The molecular formula is C19H29N3O. The number of hydrogen-bond donors (Lipinski definition) is 1. The second-order valence-electron chi connectivity index (χ2n) is 7.05. The van der Waals surface area contributed by atoms with Crippen molar-refractivity contribution in [3.63, 3.8) is 0 Å². The summed E-state index contributed by atoms with van der Waals surface area (Å²) >= 11 is 0. The van der Waals surface area contributed by atoms with Crippen molar-refractivity contribution in [2.45, 2.75) is 57.7 Å². The van der Waals surface area contributed by atoms with Gasteiger partial charge in [0.05, 0.1) is 0 Å². The minimum atomic E-state index is 0.136. The standard InChI is InChI=1S/C19H29N3O/c1-15-8-6-7-12-22(15)19(23)20-18-11-13-21(14-18)16(2)17-9-4-3-5-10-17/h3-5,9-10,15-16,18H,6-8,11-14H2,1-2H3,(H,20,23). The van der Waals surface area contributed by atoms with Crippen molar-refractivity contribution in [3.8, 4) is 0 Å². The number of carbonyl (C=O) groups excluding carboxylic acids is 1. The molecule has 23 heavy (non-hydrogen) atoms. The van der Waals surface area contributed by atoms with Crippen LogP contribution in [0.3, 0.4) is 0 Å². The van der Waals surface area contributed by atoms with Crippen LogP contribution in [0.2, 0.25) is 0 Å². The topological polar surface area (TPSA) is 35.6 Å². The van der Waals surface area contributed by atoms with Gasteiger partial charge in [0.1, 0.15) is 0 Å². The molecule has 2 fully saturated rings. The van der Waals surface area contributed by atoms with Crippen molar-refractivity contribution in [3.05, 3.63) is 35.9 Å². The molecule has 1 N–H and O–H groups in total. The summed E-state index contributed by atoms with van der Waals surface area (Å²) in [5, 5.41) is 3.26. The molecule has 0 saturated carbocycles. The molecule has 4 heteroatoms. The van der Waals surface area contributed by atoms with Gasteiger partial charge in [-0.05, 0) is 45.1 Å². The maximum atomic E-state index is 12.5. The third-order valence-electron chi connectivity index (χ3n) is 5.44. The molecule has 2 amide bonds. The molecular weight excluding hydrogens is 286 g/mol. The van der Waals surface area contributed by atoms with Crippen molar-refractivity contribution in [1.29, 1.82) is 0 Å². The number of carbonyl (C=O) groups is 1. The van der Waals surface area contributed by atoms with E-state index >= 15 is 0 Å². The Kier molecular flexibility index (Phi) is 5.21. The number of nitrogens with one attached hydrogen (secondary N) is 1. The second-order valence-corrected chi connectivity index (χ2v) is 7.05. The number of rotatable bonds is 3. The fraction of sp³-hybridized carbons (Fsp3) is 0.632. The quantitative estimate of drug-likeness (QED) is 0.928. The van der Waals surface area contributed by atoms with E-state index in [1.807, 2.05) is 4.90 Å². The summed E-state index contributed by atoms with van der Waals surface area (Å²) in [6, 6.07) is 11.8. The first-order valence-corrected chi connectivity index (χ1v) is 9.01. The van der Waals surface area contributed by atoms with Gasteiger partial charge in [-0.1, -0.05) is 30.3 Å². The lowest BCUT2D eigenvalue weighted by molar-refractivity contribution is 0.154. The summed E-state index contributed by atoms with van der Waals surface area (Å²) in [6.07, 6.45) is 4.57. The van der Waals surface area contributed by atoms with E-state index in [1.165, 1.54) is 12.0 Å². The highest BCUT2D eigenvalue weighted by Gasteiger charge is 2.30. The van der Waals surface area contributed by atoms with Crippen molar-refractivity contribution in [2.75, 3.05) is 19.6 Å². The van der Waals surface area contributed by atoms with Crippen molar-refractivity contribution < 1.29 is 4.79 Å². The molecule has 3 rings (SSSR count). The van der Waals surface area contributed by atoms with Crippen LogP contribution in [0.4, 0.5) is 4.79 Å². The predicted molar refractivity (Wildman–Crippen MR) is 93.4 cm³/mol. The van der Waals surface area contributed by atoms with Gasteiger partial charge in [0.15, 0.2) is 0 Å². The number of amides is 2. The molecule has 1 aromatic carbocycles. The van der Waals surface area contributed by atoms with Crippen LogP contribution >= 0.6 is 0 Å². The van der Waals surface area contributed by atoms with Gasteiger partial charge >= 0.3 is 6.03 Å². The Morgan fingerprint density at radius 1 is 1.17 bits per heavy atom. The van der Waals surface area contributed by atoms with Crippen LogP contribution in [-0.4, -0.2) is 47.5 Å². The maximum Gasteiger partial charge on any atom is 0.317 e. The molecule has 0 bridgehead atoms. The van der Waals surface area contributed by atoms with Gasteiger partial charge in [-0.3, -0.25) is 4.90 Å². The zero-order valence-electron chi connectivity index (χ0n) is 14.4. The molecule has 0 aliphatic carbocycles. The number of nitrogens with zero attached hydrogens (tertiary/aromatic N) is 2. The van der Waals surface area contributed by atoms with E-state index in [9.17, 15) is 4.79 Å². The van der Waals surface area contributed by atoms with Crippen molar-refractivity contribution >= 4 is 6.03 Å². The molecule has 2 saturated heterocycles. The van der Waals surface area contributed by atoms with Gasteiger partial charge in [-0.2, -0.15) is 0 Å². The van der Waals surface area contributed by atoms with Gasteiger partial charge in [0.2, 0.25) is 0 Å². The summed E-state index contributed by atoms with van der Waals surface area (Å²) in [5.74, 6) is 0. The van der Waals surface area contributed by atoms with Gasteiger partial charge in [0, 0.05) is 37.8 Å². The number of benzene rings is 1. The summed E-state index contributed by atoms with van der Waals surface area (Å²) in [6.45, 7) is 7.33. The Balaban J connectivity index is 1.52. The zero-order chi connectivity index (χ0) is 16.2. The molecule has 4 nitrogen and oxygen atoms in total. The van der Waals surface area contributed by atoms with Crippen LogP contribution < -0.4 is 5.32 Å². The summed E-state index contributed by atoms with van der Waals surface area (Å²) in [7, 11) is 0. The van der Waals surface area contributed by atoms with Crippen LogP contribution in [0.15, 0.2) is 30.3 Å². The first kappa shape index (κ1) is 16.3. The lowest BCUT2D eigenvalue weighted by Gasteiger charge is -2.34. The van der Waals surface area contributed by atoms with Gasteiger partial charge in [-0.15, -0.1) is 0 Å². The molecule has 3 atom stereocenters. The van der Waals surface area contributed by atoms with Gasteiger partial charge in [0.25, 0.3) is 0 Å². The van der Waals surface area contributed by atoms with Crippen LogP contribution in [0.1, 0.15) is 51.1 Å². The van der Waals surface area contributed by atoms with E-state index < -0.39 is 0 Å². The lowest BCUT2D eigenvalue weighted by Crippen LogP contribution is -2.50. The third-order valence-corrected chi connectivity index (χ3v) is 5.44. The summed E-state index contributed by atoms with van der Waals surface area (Å²) in [5.41, 5.74) is 1.35. The first-order valence-electron chi connectivity index (χ1n) is 9.01. The van der Waals surface area contributed by atoms with Gasteiger partial charge < -0.3 is 10.2 Å². The highest BCUT2D eigenvalue weighted by atomic mass is 16.2. The smallest absolute Gasteiger partial charge is 0.317 e. The van der Waals surface area contributed by atoms with E-state index in [-0.39, 0.29) is 12.1 Å². The molecule has 0 aromatic heterocycles. The van der Waals surface area contributed by atoms with Crippen LogP contribution in [-0.2, 0) is 0 Å². The minimum absolute atomic E-state index is 0.136. The van der Waals surface area contributed by atoms with E-state index in [1.54, 1.807) is 0 Å². The maximum absolute atomic E-state index is 12.5. The van der Waals surface area contributed by atoms with E-state index in [2.05, 4.69) is 54.4 Å². The summed E-state index contributed by atoms with van der Waals surface area (Å²) < 4.78 is 0. The highest BCUT2D eigenvalue weighted by Crippen LogP contribution is 2.25. The normalized spacial score (nSPS) is 27.0. The molecule has 0 radical (unpaired) electrons. The predicted octanol–water partition coefficient (Wildman–Crippen LogP) is 3.41. The van der Waals surface area contributed by atoms with Crippen LogP contribution in [0.5, 0.6) is 0 Å². The van der Waals surface area contributed by atoms with Crippen molar-refractivity contribution in [2.24, 2.45) is 0 Å². The molecule has 1 aromatic rings. The molecule has 2 heterocycles.